The van der Waals surface area contributed by atoms with Crippen LogP contribution >= 0.6 is 0 Å². The van der Waals surface area contributed by atoms with Gasteiger partial charge in [0.25, 0.3) is 0 Å². The van der Waals surface area contributed by atoms with Crippen LogP contribution in [-0.4, -0.2) is 43.2 Å². The first-order valence-electron chi connectivity index (χ1n) is 11.6. The van der Waals surface area contributed by atoms with Crippen LogP contribution in [-0.2, 0) is 25.6 Å². The van der Waals surface area contributed by atoms with Crippen molar-refractivity contribution in [1.29, 1.82) is 0 Å². The van der Waals surface area contributed by atoms with Crippen molar-refractivity contribution < 1.29 is 19.1 Å². The number of aromatic nitrogens is 1. The highest BCUT2D eigenvalue weighted by molar-refractivity contribution is 5.94. The Morgan fingerprint density at radius 1 is 0.909 bits per heavy atom. The molecule has 0 fully saturated rings. The Balaban J connectivity index is 1.99. The molecule has 0 unspecified atom stereocenters. The molecule has 0 aliphatic carbocycles. The molecule has 7 heteroatoms. The fraction of sp³-hybridized carbons (Fsp3) is 0.500. The third-order valence-corrected chi connectivity index (χ3v) is 4.65. The van der Waals surface area contributed by atoms with Gasteiger partial charge in [0.1, 0.15) is 0 Å². The fourth-order valence-corrected chi connectivity index (χ4v) is 3.02. The molecule has 7 nitrogen and oxygen atoms in total. The Morgan fingerprint density at radius 2 is 1.55 bits per heavy atom. The minimum absolute atomic E-state index is 0.0384. The van der Waals surface area contributed by atoms with Gasteiger partial charge < -0.3 is 19.7 Å². The molecule has 1 aromatic heterocycles. The average Bonchev–Trinajstić information content (AvgIpc) is 2.79. The van der Waals surface area contributed by atoms with E-state index in [0.717, 1.165) is 11.4 Å². The first-order chi connectivity index (χ1) is 15.8. The third kappa shape index (κ3) is 10.6. The van der Waals surface area contributed by atoms with Crippen molar-refractivity contribution in [3.63, 3.8) is 0 Å². The van der Waals surface area contributed by atoms with E-state index in [1.807, 2.05) is 30.3 Å². The quantitative estimate of drug-likeness (QED) is 0.419. The van der Waals surface area contributed by atoms with Gasteiger partial charge in [-0.2, -0.15) is 0 Å². The molecular formula is C26H37N3O4. The lowest BCUT2D eigenvalue weighted by Crippen LogP contribution is -2.31. The van der Waals surface area contributed by atoms with E-state index in [-0.39, 0.29) is 18.2 Å². The van der Waals surface area contributed by atoms with Crippen LogP contribution in [0, 0.1) is 11.8 Å². The maximum absolute atomic E-state index is 13.0. The van der Waals surface area contributed by atoms with Crippen LogP contribution in [0.15, 0.2) is 48.7 Å². The number of carbonyl (C=O) groups excluding carboxylic acids is 2. The van der Waals surface area contributed by atoms with Crippen LogP contribution in [0.25, 0.3) is 0 Å². The topological polar surface area (TPSA) is 80.8 Å². The standard InChI is InChI=1S/C26H37N3O4/c1-20(2)18-32-15-12-25(30)28-22-8-10-24(11-9-22)29(17-23-7-5-6-14-27-23)26(31)13-16-33-19-21(3)4/h5-11,14,20-21H,12-13,15-19H2,1-4H3,(H,28,30). The van der Waals surface area contributed by atoms with E-state index >= 15 is 0 Å². The summed E-state index contributed by atoms with van der Waals surface area (Å²) < 4.78 is 11.1. The number of nitrogens with zero attached hydrogens (tertiary/aromatic N) is 2. The summed E-state index contributed by atoms with van der Waals surface area (Å²) in [6, 6.07) is 12.9. The van der Waals surface area contributed by atoms with Crippen molar-refractivity contribution in [1.82, 2.24) is 4.98 Å². The second-order valence-corrected chi connectivity index (χ2v) is 8.83. The van der Waals surface area contributed by atoms with Gasteiger partial charge in [-0.15, -0.1) is 0 Å². The van der Waals surface area contributed by atoms with Crippen molar-refractivity contribution in [3.05, 3.63) is 54.4 Å². The zero-order valence-corrected chi connectivity index (χ0v) is 20.3. The second-order valence-electron chi connectivity index (χ2n) is 8.83. The van der Waals surface area contributed by atoms with Gasteiger partial charge in [-0.3, -0.25) is 14.6 Å². The van der Waals surface area contributed by atoms with E-state index < -0.39 is 0 Å². The Hall–Kier alpha value is -2.77. The summed E-state index contributed by atoms with van der Waals surface area (Å²) in [5.41, 5.74) is 2.22. The molecular weight excluding hydrogens is 418 g/mol. The number of rotatable bonds is 14. The molecule has 33 heavy (non-hydrogen) atoms. The van der Waals surface area contributed by atoms with E-state index in [0.29, 0.717) is 56.9 Å². The van der Waals surface area contributed by atoms with Gasteiger partial charge in [0.05, 0.1) is 38.3 Å². The molecule has 0 saturated carbocycles. The summed E-state index contributed by atoms with van der Waals surface area (Å²) in [5.74, 6) is 0.729. The molecule has 2 amide bonds. The van der Waals surface area contributed by atoms with Gasteiger partial charge in [-0.1, -0.05) is 33.8 Å². The number of hydrogen-bond acceptors (Lipinski definition) is 5. The van der Waals surface area contributed by atoms with Gasteiger partial charge in [0.15, 0.2) is 0 Å². The van der Waals surface area contributed by atoms with E-state index in [1.54, 1.807) is 23.2 Å². The lowest BCUT2D eigenvalue weighted by atomic mass is 10.2. The fourth-order valence-electron chi connectivity index (χ4n) is 3.02. The molecule has 0 aliphatic rings. The third-order valence-electron chi connectivity index (χ3n) is 4.65. The first-order valence-corrected chi connectivity index (χ1v) is 11.6. The smallest absolute Gasteiger partial charge is 0.229 e. The Bertz CT molecular complexity index is 838. The summed E-state index contributed by atoms with van der Waals surface area (Å²) in [5, 5.41) is 2.87. The van der Waals surface area contributed by atoms with Crippen LogP contribution in [0.4, 0.5) is 11.4 Å². The minimum atomic E-state index is -0.102. The number of pyridine rings is 1. The van der Waals surface area contributed by atoms with Gasteiger partial charge >= 0.3 is 0 Å². The van der Waals surface area contributed by atoms with Crippen molar-refractivity contribution in [2.75, 3.05) is 36.6 Å². The molecule has 180 valence electrons. The lowest BCUT2D eigenvalue weighted by molar-refractivity contribution is -0.120. The van der Waals surface area contributed by atoms with E-state index in [2.05, 4.69) is 38.0 Å². The molecule has 1 N–H and O–H groups in total. The summed E-state index contributed by atoms with van der Waals surface area (Å²) in [7, 11) is 0. The van der Waals surface area contributed by atoms with Gasteiger partial charge in [0.2, 0.25) is 11.8 Å². The highest BCUT2D eigenvalue weighted by Crippen LogP contribution is 2.21. The van der Waals surface area contributed by atoms with Crippen LogP contribution in [0.5, 0.6) is 0 Å². The summed E-state index contributed by atoms with van der Waals surface area (Å²) in [4.78, 5) is 31.2. The highest BCUT2D eigenvalue weighted by Gasteiger charge is 2.17. The number of hydrogen-bond donors (Lipinski definition) is 1. The number of carbonyl (C=O) groups is 2. The molecule has 0 radical (unpaired) electrons. The second kappa shape index (κ2) is 14.4. The first kappa shape index (κ1) is 26.5. The number of nitrogens with one attached hydrogen (secondary N) is 1. The summed E-state index contributed by atoms with van der Waals surface area (Å²) >= 11 is 0. The Labute approximate surface area is 197 Å². The summed E-state index contributed by atoms with van der Waals surface area (Å²) in [6.07, 6.45) is 2.30. The predicted molar refractivity (Wildman–Crippen MR) is 131 cm³/mol. The van der Waals surface area contributed by atoms with Crippen LogP contribution in [0.2, 0.25) is 0 Å². The Kier molecular flexibility index (Phi) is 11.6. The maximum atomic E-state index is 13.0. The van der Waals surface area contributed by atoms with Crippen LogP contribution in [0.3, 0.4) is 0 Å². The SMILES string of the molecule is CC(C)COCCC(=O)Nc1ccc(N(Cc2ccccn2)C(=O)CCOCC(C)C)cc1. The maximum Gasteiger partial charge on any atom is 0.229 e. The normalized spacial score (nSPS) is 11.1. The predicted octanol–water partition coefficient (Wildman–Crippen LogP) is 4.68. The Morgan fingerprint density at radius 3 is 2.12 bits per heavy atom. The van der Waals surface area contributed by atoms with Gasteiger partial charge in [-0.25, -0.2) is 0 Å². The van der Waals surface area contributed by atoms with Crippen LogP contribution in [0.1, 0.15) is 46.2 Å². The largest absolute Gasteiger partial charge is 0.381 e. The number of benzene rings is 1. The monoisotopic (exact) mass is 455 g/mol. The molecule has 0 bridgehead atoms. The molecule has 1 aromatic carbocycles. The van der Waals surface area contributed by atoms with Crippen molar-refractivity contribution in [3.8, 4) is 0 Å². The highest BCUT2D eigenvalue weighted by atomic mass is 16.5. The zero-order valence-electron chi connectivity index (χ0n) is 20.3. The van der Waals surface area contributed by atoms with E-state index in [1.165, 1.54) is 0 Å². The van der Waals surface area contributed by atoms with Crippen molar-refractivity contribution in [2.24, 2.45) is 11.8 Å². The molecule has 0 aliphatic heterocycles. The molecule has 0 spiro atoms. The molecule has 0 atom stereocenters. The van der Waals surface area contributed by atoms with Crippen molar-refractivity contribution >= 4 is 23.2 Å². The number of ether oxygens (including phenoxy) is 2. The zero-order chi connectivity index (χ0) is 24.1. The lowest BCUT2D eigenvalue weighted by Gasteiger charge is -2.23. The van der Waals surface area contributed by atoms with E-state index in [4.69, 9.17) is 9.47 Å². The minimum Gasteiger partial charge on any atom is -0.381 e. The number of amides is 2. The summed E-state index contributed by atoms with van der Waals surface area (Å²) in [6.45, 7) is 10.7. The number of anilines is 2. The molecule has 2 aromatic rings. The van der Waals surface area contributed by atoms with Gasteiger partial charge in [0, 0.05) is 30.8 Å². The van der Waals surface area contributed by atoms with Crippen LogP contribution < -0.4 is 10.2 Å². The molecule has 2 rings (SSSR count). The average molecular weight is 456 g/mol. The van der Waals surface area contributed by atoms with Crippen molar-refractivity contribution in [2.45, 2.75) is 47.1 Å². The molecule has 1 heterocycles. The molecule has 0 saturated heterocycles. The van der Waals surface area contributed by atoms with E-state index in [9.17, 15) is 9.59 Å². The van der Waals surface area contributed by atoms with Gasteiger partial charge in [-0.05, 0) is 48.2 Å².